The van der Waals surface area contributed by atoms with Crippen molar-refractivity contribution < 1.29 is 4.74 Å². The first kappa shape index (κ1) is 31.7. The third kappa shape index (κ3) is 5.86. The van der Waals surface area contributed by atoms with Gasteiger partial charge in [0.25, 0.3) is 0 Å². The predicted octanol–water partition coefficient (Wildman–Crippen LogP) is 11.4. The zero-order chi connectivity index (χ0) is 35.8. The van der Waals surface area contributed by atoms with Crippen molar-refractivity contribution in [2.45, 2.75) is 12.5 Å². The van der Waals surface area contributed by atoms with Crippen LogP contribution in [-0.2, 0) is 4.74 Å². The van der Waals surface area contributed by atoms with Gasteiger partial charge in [0.2, 0.25) is 5.90 Å². The molecule has 0 spiro atoms. The van der Waals surface area contributed by atoms with Crippen LogP contribution in [0.3, 0.4) is 0 Å². The topological polar surface area (TPSA) is 24.8 Å². The Kier molecular flexibility index (Phi) is 7.96. The van der Waals surface area contributed by atoms with Gasteiger partial charge in [-0.05, 0) is 110 Å². The maximum absolute atomic E-state index is 6.47. The quantitative estimate of drug-likeness (QED) is 0.166. The number of hydrogen-bond acceptors (Lipinski definition) is 3. The second kappa shape index (κ2) is 13.5. The van der Waals surface area contributed by atoms with Crippen molar-refractivity contribution in [1.82, 2.24) is 0 Å². The first-order chi connectivity index (χ1) is 26.7. The van der Waals surface area contributed by atoms with E-state index in [0.717, 1.165) is 40.0 Å². The molecule has 0 bridgehead atoms. The summed E-state index contributed by atoms with van der Waals surface area (Å²) >= 11 is 0. The highest BCUT2D eigenvalue weighted by Crippen LogP contribution is 2.38. The van der Waals surface area contributed by atoms with Gasteiger partial charge in [0.15, 0.2) is 0 Å². The van der Waals surface area contributed by atoms with Crippen LogP contribution < -0.4 is 15.3 Å². The van der Waals surface area contributed by atoms with Crippen LogP contribution in [0.15, 0.2) is 199 Å². The van der Waals surface area contributed by atoms with Crippen LogP contribution in [0.25, 0.3) is 56.0 Å². The highest BCUT2D eigenvalue weighted by atomic mass is 16.5. The van der Waals surface area contributed by atoms with Gasteiger partial charge in [-0.15, -0.1) is 0 Å². The van der Waals surface area contributed by atoms with E-state index >= 15 is 0 Å². The molecule has 256 valence electrons. The van der Waals surface area contributed by atoms with Crippen LogP contribution in [0.1, 0.15) is 12.0 Å². The molecule has 3 nitrogen and oxygen atoms in total. The van der Waals surface area contributed by atoms with Crippen molar-refractivity contribution in [1.29, 1.82) is 0 Å². The summed E-state index contributed by atoms with van der Waals surface area (Å²) in [6, 6.07) is 69.2. The van der Waals surface area contributed by atoms with Crippen LogP contribution in [0.2, 0.25) is 0 Å². The van der Waals surface area contributed by atoms with Gasteiger partial charge in [-0.2, -0.15) is 0 Å². The Balaban J connectivity index is 1.05. The largest absolute Gasteiger partial charge is 0.440 e. The highest BCUT2D eigenvalue weighted by molar-refractivity contribution is 5.99. The number of anilines is 3. The van der Waals surface area contributed by atoms with Gasteiger partial charge in [0.05, 0.1) is 0 Å². The zero-order valence-corrected chi connectivity index (χ0v) is 29.6. The summed E-state index contributed by atoms with van der Waals surface area (Å²) in [5.74, 6) is 1.65. The first-order valence-electron chi connectivity index (χ1n) is 18.5. The monoisotopic (exact) mass is 692 g/mol. The summed E-state index contributed by atoms with van der Waals surface area (Å²) in [6.45, 7) is 0. The molecule has 0 saturated carbocycles. The molecule has 1 unspecified atom stereocenters. The van der Waals surface area contributed by atoms with E-state index in [1.165, 1.54) is 49.4 Å². The standard InChI is InChI=1S/C51H36N2O/c1-4-11-35(12-5-1)37-21-26-43(27-22-37)53(44-28-23-38(24-29-44)36-13-6-2-7-14-36)45-30-25-39-19-20-41(33-42(39)34-45)46-17-10-18-48-47(46)31-32-49-50(48)54-51(52-49)40-15-8-3-9-16-40/h1-31,33-34,49H,32H2. The summed E-state index contributed by atoms with van der Waals surface area (Å²) in [7, 11) is 0. The molecular weight excluding hydrogens is 657 g/mol. The van der Waals surface area contributed by atoms with Crippen LogP contribution in [-0.4, -0.2) is 11.9 Å². The number of benzene rings is 8. The SMILES string of the molecule is C1=c2c(-c3ccc4ccc(N(c5ccc(-c6ccccc6)cc5)c5ccc(-c6ccccc6)cc5)cc4c3)cccc2=C2OC(c3ccccc3)=NC2C1. The molecule has 1 heterocycles. The Morgan fingerprint density at radius 2 is 0.981 bits per heavy atom. The van der Waals surface area contributed by atoms with Crippen LogP contribution in [0.4, 0.5) is 17.1 Å². The van der Waals surface area contributed by atoms with Gasteiger partial charge in [0.1, 0.15) is 11.8 Å². The summed E-state index contributed by atoms with van der Waals surface area (Å²) in [4.78, 5) is 7.31. The van der Waals surface area contributed by atoms with Crippen LogP contribution in [0.5, 0.6) is 0 Å². The number of rotatable bonds is 7. The summed E-state index contributed by atoms with van der Waals surface area (Å²) in [5, 5.41) is 4.71. The van der Waals surface area contributed by atoms with E-state index in [1.54, 1.807) is 0 Å². The number of aliphatic imine (C=N–C) groups is 1. The third-order valence-electron chi connectivity index (χ3n) is 10.6. The molecule has 54 heavy (non-hydrogen) atoms. The van der Waals surface area contributed by atoms with Crippen molar-refractivity contribution in [2.75, 3.05) is 4.90 Å². The minimum atomic E-state index is 0.0108. The van der Waals surface area contributed by atoms with Crippen LogP contribution in [0, 0.1) is 0 Å². The predicted molar refractivity (Wildman–Crippen MR) is 225 cm³/mol. The average molecular weight is 693 g/mol. The van der Waals surface area contributed by atoms with Gasteiger partial charge in [-0.3, -0.25) is 0 Å². The first-order valence-corrected chi connectivity index (χ1v) is 18.5. The molecule has 8 aromatic carbocycles. The lowest BCUT2D eigenvalue weighted by molar-refractivity contribution is 0.501. The second-order valence-corrected chi connectivity index (χ2v) is 13.9. The van der Waals surface area contributed by atoms with Gasteiger partial charge in [-0.25, -0.2) is 4.99 Å². The van der Waals surface area contributed by atoms with Crippen LogP contribution >= 0.6 is 0 Å². The van der Waals surface area contributed by atoms with Gasteiger partial charge < -0.3 is 9.64 Å². The lowest BCUT2D eigenvalue weighted by atomic mass is 9.94. The molecule has 0 fully saturated rings. The Hall–Kier alpha value is -6.97. The van der Waals surface area contributed by atoms with E-state index in [0.29, 0.717) is 5.90 Å². The molecule has 0 N–H and O–H groups in total. The van der Waals surface area contributed by atoms with Crippen molar-refractivity contribution in [3.8, 4) is 33.4 Å². The molecule has 3 heteroatoms. The molecule has 0 saturated heterocycles. The average Bonchev–Trinajstić information content (AvgIpc) is 3.70. The lowest BCUT2D eigenvalue weighted by Gasteiger charge is -2.26. The number of fused-ring (bicyclic) bond motifs is 3. The lowest BCUT2D eigenvalue weighted by Crippen LogP contribution is -2.35. The van der Waals surface area contributed by atoms with Gasteiger partial charge in [0, 0.05) is 27.8 Å². The van der Waals surface area contributed by atoms with E-state index in [2.05, 4.69) is 187 Å². The molecule has 2 aliphatic rings. The summed E-state index contributed by atoms with van der Waals surface area (Å²) in [5.41, 5.74) is 11.5. The molecular formula is C51H36N2O. The van der Waals surface area contributed by atoms with Crippen molar-refractivity contribution in [3.63, 3.8) is 0 Å². The molecule has 0 radical (unpaired) electrons. The van der Waals surface area contributed by atoms with E-state index in [4.69, 9.17) is 9.73 Å². The molecule has 0 aromatic heterocycles. The fourth-order valence-corrected chi connectivity index (χ4v) is 7.84. The maximum atomic E-state index is 6.47. The smallest absolute Gasteiger partial charge is 0.222 e. The normalized spacial score (nSPS) is 14.4. The second-order valence-electron chi connectivity index (χ2n) is 13.9. The maximum Gasteiger partial charge on any atom is 0.222 e. The van der Waals surface area contributed by atoms with E-state index < -0.39 is 0 Å². The van der Waals surface area contributed by atoms with E-state index in [1.807, 2.05) is 18.2 Å². The molecule has 1 aliphatic heterocycles. The number of hydrogen-bond donors (Lipinski definition) is 0. The fourth-order valence-electron chi connectivity index (χ4n) is 7.84. The Bertz CT molecular complexity index is 2710. The molecule has 0 amide bonds. The number of ether oxygens (including phenoxy) is 1. The van der Waals surface area contributed by atoms with Crippen molar-refractivity contribution in [3.05, 3.63) is 210 Å². The summed E-state index contributed by atoms with van der Waals surface area (Å²) in [6.07, 6.45) is 3.15. The highest BCUT2D eigenvalue weighted by Gasteiger charge is 2.28. The summed E-state index contributed by atoms with van der Waals surface area (Å²) < 4.78 is 6.47. The zero-order valence-electron chi connectivity index (χ0n) is 29.6. The minimum Gasteiger partial charge on any atom is -0.440 e. The third-order valence-corrected chi connectivity index (χ3v) is 10.6. The molecule has 1 aliphatic carbocycles. The Morgan fingerprint density at radius 1 is 0.444 bits per heavy atom. The Labute approximate surface area is 315 Å². The van der Waals surface area contributed by atoms with E-state index in [-0.39, 0.29) is 6.04 Å². The Morgan fingerprint density at radius 3 is 1.61 bits per heavy atom. The molecule has 8 aromatic rings. The van der Waals surface area contributed by atoms with Gasteiger partial charge in [-0.1, -0.05) is 146 Å². The number of nitrogens with zero attached hydrogens (tertiary/aromatic N) is 2. The molecule has 10 rings (SSSR count). The van der Waals surface area contributed by atoms with E-state index in [9.17, 15) is 0 Å². The van der Waals surface area contributed by atoms with Crippen molar-refractivity contribution >= 4 is 45.6 Å². The minimum absolute atomic E-state index is 0.0108. The fraction of sp³-hybridized carbons (Fsp3) is 0.0392. The molecule has 1 atom stereocenters. The van der Waals surface area contributed by atoms with Crippen molar-refractivity contribution in [2.24, 2.45) is 4.99 Å². The van der Waals surface area contributed by atoms with Gasteiger partial charge >= 0.3 is 0 Å².